The van der Waals surface area contributed by atoms with Crippen LogP contribution in [0.5, 0.6) is 0 Å². The van der Waals surface area contributed by atoms with Crippen LogP contribution in [0, 0.1) is 29.1 Å². The van der Waals surface area contributed by atoms with Gasteiger partial charge in [-0.1, -0.05) is 20.8 Å². The van der Waals surface area contributed by atoms with E-state index in [-0.39, 0.29) is 30.0 Å². The van der Waals surface area contributed by atoms with Gasteiger partial charge in [-0.05, 0) is 37.0 Å². The van der Waals surface area contributed by atoms with Crippen molar-refractivity contribution in [3.05, 3.63) is 0 Å². The summed E-state index contributed by atoms with van der Waals surface area (Å²) in [4.78, 5) is 23.9. The quantitative estimate of drug-likeness (QED) is 0.822. The molecule has 0 aliphatic heterocycles. The number of hydrogen-bond donors (Lipinski definition) is 2. The number of Topliss-reactive ketones (excluding diaryl/α,β-unsaturated/α-hetero) is 1. The summed E-state index contributed by atoms with van der Waals surface area (Å²) in [5.74, 6) is -1.36. The zero-order valence-electron chi connectivity index (χ0n) is 12.1. The average Bonchev–Trinajstić information content (AvgIpc) is 2.38. The van der Waals surface area contributed by atoms with E-state index in [1.807, 2.05) is 20.8 Å². The Kier molecular flexibility index (Phi) is 3.28. The van der Waals surface area contributed by atoms with Gasteiger partial charge in [-0.25, -0.2) is 0 Å². The van der Waals surface area contributed by atoms with Crippen LogP contribution in [0.4, 0.5) is 0 Å². The number of carboxylic acids is 1. The molecule has 0 heterocycles. The maximum Gasteiger partial charge on any atom is 0.303 e. The van der Waals surface area contributed by atoms with E-state index in [1.165, 1.54) is 0 Å². The molecule has 108 valence electrons. The largest absolute Gasteiger partial charge is 0.481 e. The van der Waals surface area contributed by atoms with Crippen LogP contribution >= 0.6 is 0 Å². The number of carboxylic acid groups (broad SMARTS) is 1. The Morgan fingerprint density at radius 1 is 1.42 bits per heavy atom. The molecule has 19 heavy (non-hydrogen) atoms. The minimum atomic E-state index is -0.984. The van der Waals surface area contributed by atoms with Gasteiger partial charge in [0.05, 0.1) is 12.0 Å². The minimum absolute atomic E-state index is 0.0370. The molecule has 2 saturated carbocycles. The lowest BCUT2D eigenvalue weighted by Crippen LogP contribution is -2.47. The summed E-state index contributed by atoms with van der Waals surface area (Å²) < 4.78 is 0. The molecule has 2 bridgehead atoms. The molecular formula is C15H24O4. The van der Waals surface area contributed by atoms with E-state index < -0.39 is 22.9 Å². The Labute approximate surface area is 114 Å². The summed E-state index contributed by atoms with van der Waals surface area (Å²) in [6, 6.07) is 0. The molecule has 0 aromatic rings. The molecule has 0 spiro atoms. The van der Waals surface area contributed by atoms with Gasteiger partial charge in [0.15, 0.2) is 0 Å². The summed E-state index contributed by atoms with van der Waals surface area (Å²) in [6.45, 7) is 7.63. The predicted octanol–water partition coefficient (Wildman–Crippen LogP) is 2.10. The molecule has 0 amide bonds. The monoisotopic (exact) mass is 268 g/mol. The lowest BCUT2D eigenvalue weighted by atomic mass is 9.58. The Balaban J connectivity index is 2.50. The smallest absolute Gasteiger partial charge is 0.303 e. The zero-order chi connectivity index (χ0) is 14.6. The van der Waals surface area contributed by atoms with Gasteiger partial charge < -0.3 is 10.2 Å². The highest BCUT2D eigenvalue weighted by molar-refractivity contribution is 5.90. The molecule has 0 radical (unpaired) electrons. The SMILES string of the molecule is CC(C)C1C(=O)C2C(C)C1(CC(=O)O)CCC2(C)O. The van der Waals surface area contributed by atoms with Crippen molar-refractivity contribution in [2.45, 2.75) is 52.6 Å². The number of aliphatic hydroxyl groups is 1. The number of hydrogen-bond acceptors (Lipinski definition) is 3. The maximum absolute atomic E-state index is 12.7. The third-order valence-electron chi connectivity index (χ3n) is 5.55. The molecule has 2 rings (SSSR count). The van der Waals surface area contributed by atoms with E-state index in [0.717, 1.165) is 0 Å². The van der Waals surface area contributed by atoms with E-state index in [9.17, 15) is 19.8 Å². The van der Waals surface area contributed by atoms with Crippen molar-refractivity contribution >= 4 is 11.8 Å². The van der Waals surface area contributed by atoms with Gasteiger partial charge in [-0.15, -0.1) is 0 Å². The number of fused-ring (bicyclic) bond motifs is 2. The lowest BCUT2D eigenvalue weighted by molar-refractivity contribution is -0.146. The summed E-state index contributed by atoms with van der Waals surface area (Å²) >= 11 is 0. The highest BCUT2D eigenvalue weighted by atomic mass is 16.4. The predicted molar refractivity (Wildman–Crippen MR) is 70.5 cm³/mol. The van der Waals surface area contributed by atoms with Crippen LogP contribution in [-0.2, 0) is 9.59 Å². The van der Waals surface area contributed by atoms with Gasteiger partial charge in [0.1, 0.15) is 5.78 Å². The van der Waals surface area contributed by atoms with E-state index in [1.54, 1.807) is 6.92 Å². The van der Waals surface area contributed by atoms with Crippen molar-refractivity contribution in [3.8, 4) is 0 Å². The molecule has 2 aliphatic carbocycles. The van der Waals surface area contributed by atoms with E-state index >= 15 is 0 Å². The first kappa shape index (κ1) is 14.5. The van der Waals surface area contributed by atoms with Gasteiger partial charge in [0.25, 0.3) is 0 Å². The maximum atomic E-state index is 12.7. The Hall–Kier alpha value is -0.900. The average molecular weight is 268 g/mol. The standard InChI is InChI=1S/C15H24O4/c1-8(2)11-13(18)12-9(3)15(11,7-10(16)17)6-5-14(12,4)19/h8-9,11-12,19H,5-7H2,1-4H3,(H,16,17). The molecule has 4 heteroatoms. The molecule has 2 N–H and O–H groups in total. The van der Waals surface area contributed by atoms with Crippen molar-refractivity contribution in [1.82, 2.24) is 0 Å². The Morgan fingerprint density at radius 3 is 2.47 bits per heavy atom. The first-order valence-corrected chi connectivity index (χ1v) is 7.11. The van der Waals surface area contributed by atoms with Gasteiger partial charge in [-0.3, -0.25) is 9.59 Å². The van der Waals surface area contributed by atoms with E-state index in [2.05, 4.69) is 0 Å². The van der Waals surface area contributed by atoms with E-state index in [0.29, 0.717) is 12.8 Å². The number of rotatable bonds is 3. The van der Waals surface area contributed by atoms with Crippen LogP contribution in [0.1, 0.15) is 47.0 Å². The highest BCUT2D eigenvalue weighted by Crippen LogP contribution is 2.63. The van der Waals surface area contributed by atoms with Gasteiger partial charge in [0, 0.05) is 11.8 Å². The third-order valence-corrected chi connectivity index (χ3v) is 5.55. The molecule has 5 atom stereocenters. The van der Waals surface area contributed by atoms with Crippen LogP contribution in [-0.4, -0.2) is 27.6 Å². The van der Waals surface area contributed by atoms with Crippen molar-refractivity contribution in [2.75, 3.05) is 0 Å². The molecule has 4 nitrogen and oxygen atoms in total. The van der Waals surface area contributed by atoms with Crippen LogP contribution < -0.4 is 0 Å². The van der Waals surface area contributed by atoms with Crippen LogP contribution in [0.15, 0.2) is 0 Å². The Bertz CT molecular complexity index is 412. The fourth-order valence-electron chi connectivity index (χ4n) is 4.84. The summed E-state index contributed by atoms with van der Waals surface area (Å²) in [6.07, 6.45) is 1.18. The van der Waals surface area contributed by atoms with Gasteiger partial charge in [-0.2, -0.15) is 0 Å². The Morgan fingerprint density at radius 2 is 2.00 bits per heavy atom. The second-order valence-corrected chi connectivity index (χ2v) is 7.05. The van der Waals surface area contributed by atoms with Gasteiger partial charge >= 0.3 is 5.97 Å². The second-order valence-electron chi connectivity index (χ2n) is 7.05. The first-order valence-electron chi connectivity index (χ1n) is 7.11. The zero-order valence-corrected chi connectivity index (χ0v) is 12.1. The number of carbonyl (C=O) groups is 2. The fraction of sp³-hybridized carbons (Fsp3) is 0.867. The number of aliphatic carboxylic acids is 1. The van der Waals surface area contributed by atoms with E-state index in [4.69, 9.17) is 0 Å². The summed E-state index contributed by atoms with van der Waals surface area (Å²) in [5, 5.41) is 19.7. The molecule has 0 aromatic carbocycles. The number of ketones is 1. The molecular weight excluding hydrogens is 244 g/mol. The van der Waals surface area contributed by atoms with Crippen molar-refractivity contribution in [2.24, 2.45) is 29.1 Å². The summed E-state index contributed by atoms with van der Waals surface area (Å²) in [5.41, 5.74) is -1.45. The highest BCUT2D eigenvalue weighted by Gasteiger charge is 2.66. The second kappa shape index (κ2) is 4.30. The first-order chi connectivity index (χ1) is 8.63. The normalized spacial score (nSPS) is 45.8. The van der Waals surface area contributed by atoms with Crippen LogP contribution in [0.25, 0.3) is 0 Å². The fourth-order valence-corrected chi connectivity index (χ4v) is 4.84. The lowest BCUT2D eigenvalue weighted by Gasteiger charge is -2.46. The van der Waals surface area contributed by atoms with Crippen molar-refractivity contribution in [3.63, 3.8) is 0 Å². The minimum Gasteiger partial charge on any atom is -0.481 e. The van der Waals surface area contributed by atoms with Crippen LogP contribution in [0.2, 0.25) is 0 Å². The van der Waals surface area contributed by atoms with Crippen LogP contribution in [0.3, 0.4) is 0 Å². The molecule has 0 aromatic heterocycles. The molecule has 2 aliphatic rings. The molecule has 5 unspecified atom stereocenters. The van der Waals surface area contributed by atoms with Crippen molar-refractivity contribution in [1.29, 1.82) is 0 Å². The third kappa shape index (κ3) is 1.92. The van der Waals surface area contributed by atoms with Gasteiger partial charge in [0.2, 0.25) is 0 Å². The van der Waals surface area contributed by atoms with Crippen molar-refractivity contribution < 1.29 is 19.8 Å². The molecule has 0 saturated heterocycles. The summed E-state index contributed by atoms with van der Waals surface area (Å²) in [7, 11) is 0. The number of carbonyl (C=O) groups excluding carboxylic acids is 1. The topological polar surface area (TPSA) is 74.6 Å². The molecule has 2 fully saturated rings.